The molecule has 0 radical (unpaired) electrons. The van der Waals surface area contributed by atoms with Crippen LogP contribution in [0.2, 0.25) is 0 Å². The molecular weight excluding hydrogens is 362 g/mol. The van der Waals surface area contributed by atoms with Gasteiger partial charge in [-0.1, -0.05) is 18.2 Å². The van der Waals surface area contributed by atoms with Crippen LogP contribution in [0.3, 0.4) is 0 Å². The average Bonchev–Trinajstić information content (AvgIpc) is 3.10. The van der Waals surface area contributed by atoms with E-state index >= 15 is 0 Å². The number of aryl methyl sites for hydroxylation is 1. The fraction of sp³-hybridized carbons (Fsp3) is 0.150. The Morgan fingerprint density at radius 1 is 1.26 bits per heavy atom. The van der Waals surface area contributed by atoms with Crippen molar-refractivity contribution in [2.75, 3.05) is 16.8 Å². The summed E-state index contributed by atoms with van der Waals surface area (Å²) < 4.78 is 5.77. The smallest absolute Gasteiger partial charge is 0.258 e. The quantitative estimate of drug-likeness (QED) is 0.751. The van der Waals surface area contributed by atoms with Crippen LogP contribution in [0.4, 0.5) is 11.4 Å². The SMILES string of the molecule is Cc1nc(COc2cccc(C(=O)N3CC(=O)Nc4ccccc43)c2)cs1. The monoisotopic (exact) mass is 379 g/mol. The van der Waals surface area contributed by atoms with Gasteiger partial charge in [0.1, 0.15) is 18.9 Å². The number of hydrogen-bond acceptors (Lipinski definition) is 5. The van der Waals surface area contributed by atoms with Gasteiger partial charge in [0.15, 0.2) is 0 Å². The fourth-order valence-electron chi connectivity index (χ4n) is 2.92. The van der Waals surface area contributed by atoms with Crippen LogP contribution >= 0.6 is 11.3 Å². The zero-order valence-corrected chi connectivity index (χ0v) is 15.5. The van der Waals surface area contributed by atoms with Crippen LogP contribution in [0.15, 0.2) is 53.9 Å². The van der Waals surface area contributed by atoms with Gasteiger partial charge in [0.05, 0.1) is 22.1 Å². The molecule has 0 unspecified atom stereocenters. The lowest BCUT2D eigenvalue weighted by Gasteiger charge is -2.29. The van der Waals surface area contributed by atoms with E-state index in [0.29, 0.717) is 29.3 Å². The number of nitrogens with zero attached hydrogens (tertiary/aromatic N) is 2. The minimum absolute atomic E-state index is 0.0148. The molecule has 1 aliphatic heterocycles. The van der Waals surface area contributed by atoms with Crippen molar-refractivity contribution in [1.29, 1.82) is 0 Å². The Balaban J connectivity index is 1.55. The van der Waals surface area contributed by atoms with E-state index in [4.69, 9.17) is 4.74 Å². The predicted molar refractivity (Wildman–Crippen MR) is 104 cm³/mol. The number of amides is 2. The first-order valence-corrected chi connectivity index (χ1v) is 9.33. The number of carbonyl (C=O) groups excluding carboxylic acids is 2. The maximum absolute atomic E-state index is 13.0. The molecule has 27 heavy (non-hydrogen) atoms. The third kappa shape index (κ3) is 3.68. The summed E-state index contributed by atoms with van der Waals surface area (Å²) in [5.74, 6) is 0.127. The van der Waals surface area contributed by atoms with Crippen LogP contribution in [-0.2, 0) is 11.4 Å². The van der Waals surface area contributed by atoms with Crippen molar-refractivity contribution in [2.24, 2.45) is 0 Å². The molecule has 0 fully saturated rings. The van der Waals surface area contributed by atoms with Gasteiger partial charge >= 0.3 is 0 Å². The summed E-state index contributed by atoms with van der Waals surface area (Å²) in [6.07, 6.45) is 0. The molecule has 1 aromatic heterocycles. The van der Waals surface area contributed by atoms with Crippen molar-refractivity contribution in [2.45, 2.75) is 13.5 Å². The largest absolute Gasteiger partial charge is 0.487 e. The number of rotatable bonds is 4. The highest BCUT2D eigenvalue weighted by molar-refractivity contribution is 7.09. The van der Waals surface area contributed by atoms with Gasteiger partial charge in [-0.3, -0.25) is 14.5 Å². The molecule has 0 spiro atoms. The summed E-state index contributed by atoms with van der Waals surface area (Å²) in [6, 6.07) is 14.2. The Morgan fingerprint density at radius 2 is 2.11 bits per heavy atom. The average molecular weight is 379 g/mol. The van der Waals surface area contributed by atoms with Crippen molar-refractivity contribution < 1.29 is 14.3 Å². The Kier molecular flexibility index (Phi) is 4.60. The van der Waals surface area contributed by atoms with Gasteiger partial charge < -0.3 is 10.1 Å². The Bertz CT molecular complexity index is 1010. The van der Waals surface area contributed by atoms with E-state index < -0.39 is 0 Å². The summed E-state index contributed by atoms with van der Waals surface area (Å²) in [4.78, 5) is 30.8. The van der Waals surface area contributed by atoms with Gasteiger partial charge in [-0.15, -0.1) is 11.3 Å². The highest BCUT2D eigenvalue weighted by Gasteiger charge is 2.27. The number of fused-ring (bicyclic) bond motifs is 1. The Morgan fingerprint density at radius 3 is 2.93 bits per heavy atom. The van der Waals surface area contributed by atoms with Crippen LogP contribution in [-0.4, -0.2) is 23.3 Å². The molecule has 2 heterocycles. The number of thiazole rings is 1. The molecule has 0 saturated carbocycles. The van der Waals surface area contributed by atoms with Crippen LogP contribution < -0.4 is 15.0 Å². The zero-order valence-electron chi connectivity index (χ0n) is 14.6. The molecule has 136 valence electrons. The molecule has 1 aliphatic rings. The Hall–Kier alpha value is -3.19. The summed E-state index contributed by atoms with van der Waals surface area (Å²) in [5, 5.41) is 5.72. The molecule has 0 saturated heterocycles. The topological polar surface area (TPSA) is 71.5 Å². The summed E-state index contributed by atoms with van der Waals surface area (Å²) in [5.41, 5.74) is 2.64. The number of nitrogens with one attached hydrogen (secondary N) is 1. The number of anilines is 2. The molecule has 4 rings (SSSR count). The van der Waals surface area contributed by atoms with E-state index in [-0.39, 0.29) is 18.4 Å². The minimum Gasteiger partial charge on any atom is -0.487 e. The standard InChI is InChI=1S/C20H17N3O3S/c1-13-21-15(12-27-13)11-26-16-6-4-5-14(9-16)20(25)23-10-19(24)22-17-7-2-3-8-18(17)23/h2-9,12H,10-11H2,1H3,(H,22,24). The lowest BCUT2D eigenvalue weighted by Crippen LogP contribution is -2.42. The number of aromatic nitrogens is 1. The van der Waals surface area contributed by atoms with Gasteiger partial charge in [0, 0.05) is 10.9 Å². The van der Waals surface area contributed by atoms with Crippen LogP contribution in [0.1, 0.15) is 21.1 Å². The first kappa shape index (κ1) is 17.2. The van der Waals surface area contributed by atoms with Gasteiger partial charge in [-0.25, -0.2) is 4.98 Å². The van der Waals surface area contributed by atoms with Gasteiger partial charge in [-0.05, 0) is 37.3 Å². The highest BCUT2D eigenvalue weighted by atomic mass is 32.1. The van der Waals surface area contributed by atoms with E-state index in [1.807, 2.05) is 30.5 Å². The summed E-state index contributed by atoms with van der Waals surface area (Å²) >= 11 is 1.57. The lowest BCUT2D eigenvalue weighted by atomic mass is 10.1. The van der Waals surface area contributed by atoms with E-state index in [2.05, 4.69) is 10.3 Å². The first-order chi connectivity index (χ1) is 13.1. The first-order valence-electron chi connectivity index (χ1n) is 8.45. The van der Waals surface area contributed by atoms with E-state index in [1.54, 1.807) is 41.7 Å². The second-order valence-corrected chi connectivity index (χ2v) is 7.19. The van der Waals surface area contributed by atoms with Gasteiger partial charge in [-0.2, -0.15) is 0 Å². The van der Waals surface area contributed by atoms with E-state index in [9.17, 15) is 9.59 Å². The zero-order chi connectivity index (χ0) is 18.8. The van der Waals surface area contributed by atoms with Crippen molar-refractivity contribution in [3.05, 3.63) is 70.2 Å². The number of hydrogen-bond donors (Lipinski definition) is 1. The third-order valence-corrected chi connectivity index (χ3v) is 4.97. The fourth-order valence-corrected chi connectivity index (χ4v) is 3.52. The number of para-hydroxylation sites is 2. The van der Waals surface area contributed by atoms with E-state index in [0.717, 1.165) is 10.7 Å². The van der Waals surface area contributed by atoms with Crippen molar-refractivity contribution in [3.8, 4) is 5.75 Å². The van der Waals surface area contributed by atoms with E-state index in [1.165, 1.54) is 4.90 Å². The molecule has 7 heteroatoms. The molecule has 2 amide bonds. The number of benzene rings is 2. The van der Waals surface area contributed by atoms with Crippen LogP contribution in [0.25, 0.3) is 0 Å². The molecule has 3 aromatic rings. The molecule has 2 aromatic carbocycles. The molecule has 0 atom stereocenters. The maximum Gasteiger partial charge on any atom is 0.258 e. The predicted octanol–water partition coefficient (Wildman–Crippen LogP) is 3.63. The molecule has 0 aliphatic carbocycles. The summed E-state index contributed by atoms with van der Waals surface area (Å²) in [7, 11) is 0. The molecule has 6 nitrogen and oxygen atoms in total. The van der Waals surface area contributed by atoms with Crippen molar-refractivity contribution in [3.63, 3.8) is 0 Å². The van der Waals surface area contributed by atoms with Gasteiger partial charge in [0.2, 0.25) is 5.91 Å². The number of carbonyl (C=O) groups is 2. The molecular formula is C20H17N3O3S. The van der Waals surface area contributed by atoms with Crippen LogP contribution in [0, 0.1) is 6.92 Å². The lowest BCUT2D eigenvalue weighted by molar-refractivity contribution is -0.115. The van der Waals surface area contributed by atoms with Crippen LogP contribution in [0.5, 0.6) is 5.75 Å². The highest BCUT2D eigenvalue weighted by Crippen LogP contribution is 2.30. The minimum atomic E-state index is -0.243. The normalized spacial score (nSPS) is 13.1. The second-order valence-electron chi connectivity index (χ2n) is 6.13. The molecule has 1 N–H and O–H groups in total. The van der Waals surface area contributed by atoms with Gasteiger partial charge in [0.25, 0.3) is 5.91 Å². The van der Waals surface area contributed by atoms with Crippen molar-refractivity contribution in [1.82, 2.24) is 4.98 Å². The second kappa shape index (κ2) is 7.20. The maximum atomic E-state index is 13.0. The van der Waals surface area contributed by atoms with Crippen molar-refractivity contribution >= 4 is 34.5 Å². The molecule has 0 bridgehead atoms. The number of ether oxygens (including phenoxy) is 1. The Labute approximate surface area is 160 Å². The summed E-state index contributed by atoms with van der Waals surface area (Å²) in [6.45, 7) is 2.27. The third-order valence-electron chi connectivity index (χ3n) is 4.15.